The molecule has 2 unspecified atom stereocenters. The molecule has 104 valence electrons. The van der Waals surface area contributed by atoms with Crippen molar-refractivity contribution in [2.75, 3.05) is 13.2 Å². The first-order valence-corrected chi connectivity index (χ1v) is 5.83. The molecule has 6 atom stereocenters. The molecule has 0 aromatic carbocycles. The van der Waals surface area contributed by atoms with Gasteiger partial charge in [0.25, 0.3) is 0 Å². The van der Waals surface area contributed by atoms with Gasteiger partial charge in [-0.2, -0.15) is 0 Å². The molecule has 0 aromatic rings. The van der Waals surface area contributed by atoms with E-state index in [4.69, 9.17) is 9.84 Å². The normalized spacial score (nSPS) is 45.2. The summed E-state index contributed by atoms with van der Waals surface area (Å²) in [6.07, 6.45) is -5.40. The van der Waals surface area contributed by atoms with Crippen molar-refractivity contribution < 1.29 is 30.0 Å². The Bertz CT molecular complexity index is 327. The Morgan fingerprint density at radius 2 is 2.06 bits per heavy atom. The summed E-state index contributed by atoms with van der Waals surface area (Å²) >= 11 is 0. The second kappa shape index (κ2) is 4.98. The maximum Gasteiger partial charge on any atom is 0.321 e. The molecule has 5 N–H and O–H groups in total. The molecule has 18 heavy (non-hydrogen) atoms. The Kier molecular flexibility index (Phi) is 3.74. The fraction of sp³-hybridized carbons (Fsp3) is 0.900. The number of ether oxygens (including phenoxy) is 1. The van der Waals surface area contributed by atoms with Crippen molar-refractivity contribution in [1.29, 1.82) is 0 Å². The van der Waals surface area contributed by atoms with E-state index in [0.717, 1.165) is 0 Å². The minimum absolute atomic E-state index is 0.194. The van der Waals surface area contributed by atoms with E-state index < -0.39 is 43.4 Å². The number of urea groups is 1. The standard InChI is InChI=1S/C10H18N2O6/c1-4-2-12(10(17)11-8(4)16)9-7(15)6(14)5(3-13)18-9/h4-9,13-16H,2-3H2,1H3,(H,11,17)/t4?,5-,6+,7+,8?,9-/m1/s1. The van der Waals surface area contributed by atoms with Crippen LogP contribution in [0.1, 0.15) is 6.92 Å². The van der Waals surface area contributed by atoms with Crippen LogP contribution in [0.5, 0.6) is 0 Å². The molecule has 0 aromatic heterocycles. The quantitative estimate of drug-likeness (QED) is 0.372. The average Bonchev–Trinajstić information content (AvgIpc) is 2.61. The lowest BCUT2D eigenvalue weighted by Gasteiger charge is -2.38. The minimum Gasteiger partial charge on any atom is -0.394 e. The van der Waals surface area contributed by atoms with E-state index in [-0.39, 0.29) is 12.5 Å². The molecule has 2 heterocycles. The third-order valence-electron chi connectivity index (χ3n) is 3.38. The van der Waals surface area contributed by atoms with Gasteiger partial charge in [-0.15, -0.1) is 0 Å². The fourth-order valence-corrected chi connectivity index (χ4v) is 2.20. The van der Waals surface area contributed by atoms with Crippen molar-refractivity contribution >= 4 is 6.03 Å². The largest absolute Gasteiger partial charge is 0.394 e. The van der Waals surface area contributed by atoms with Crippen molar-refractivity contribution in [1.82, 2.24) is 10.2 Å². The zero-order valence-electron chi connectivity index (χ0n) is 9.93. The lowest BCUT2D eigenvalue weighted by Crippen LogP contribution is -2.61. The molecule has 2 aliphatic heterocycles. The molecule has 2 amide bonds. The number of aliphatic hydroxyl groups excluding tert-OH is 4. The van der Waals surface area contributed by atoms with E-state index in [1.165, 1.54) is 4.90 Å². The van der Waals surface area contributed by atoms with Gasteiger partial charge < -0.3 is 30.5 Å². The van der Waals surface area contributed by atoms with E-state index in [0.29, 0.717) is 0 Å². The summed E-state index contributed by atoms with van der Waals surface area (Å²) < 4.78 is 5.26. The molecular formula is C10H18N2O6. The first kappa shape index (κ1) is 13.5. The van der Waals surface area contributed by atoms with Gasteiger partial charge in [-0.05, 0) is 0 Å². The van der Waals surface area contributed by atoms with Crippen LogP contribution in [0.3, 0.4) is 0 Å². The molecule has 2 rings (SSSR count). The van der Waals surface area contributed by atoms with Crippen LogP contribution in [-0.2, 0) is 4.74 Å². The Morgan fingerprint density at radius 1 is 1.39 bits per heavy atom. The summed E-state index contributed by atoms with van der Waals surface area (Å²) in [6.45, 7) is 1.49. The zero-order valence-corrected chi connectivity index (χ0v) is 9.93. The highest BCUT2D eigenvalue weighted by molar-refractivity contribution is 5.75. The number of aliphatic hydroxyl groups is 4. The van der Waals surface area contributed by atoms with Gasteiger partial charge in [0.05, 0.1) is 6.61 Å². The number of nitrogens with one attached hydrogen (secondary N) is 1. The SMILES string of the molecule is CC1CN([C@@H]2O[C@H](CO)[C@H](O)[C@@H]2O)C(=O)NC1O. The van der Waals surface area contributed by atoms with Crippen LogP contribution < -0.4 is 5.32 Å². The van der Waals surface area contributed by atoms with Crippen molar-refractivity contribution in [3.8, 4) is 0 Å². The highest BCUT2D eigenvalue weighted by Gasteiger charge is 2.48. The Hall–Kier alpha value is -0.930. The zero-order chi connectivity index (χ0) is 13.4. The van der Waals surface area contributed by atoms with Crippen LogP contribution in [0.25, 0.3) is 0 Å². The van der Waals surface area contributed by atoms with Crippen LogP contribution >= 0.6 is 0 Å². The lowest BCUT2D eigenvalue weighted by atomic mass is 10.1. The molecule has 8 nitrogen and oxygen atoms in total. The van der Waals surface area contributed by atoms with E-state index in [2.05, 4.69) is 5.32 Å². The second-order valence-electron chi connectivity index (χ2n) is 4.75. The average molecular weight is 262 g/mol. The third kappa shape index (κ3) is 2.17. The lowest BCUT2D eigenvalue weighted by molar-refractivity contribution is -0.0978. The molecule has 0 bridgehead atoms. The van der Waals surface area contributed by atoms with Crippen molar-refractivity contribution in [2.45, 2.75) is 37.7 Å². The fourth-order valence-electron chi connectivity index (χ4n) is 2.20. The number of nitrogens with zero attached hydrogens (tertiary/aromatic N) is 1. The van der Waals surface area contributed by atoms with Gasteiger partial charge in [0, 0.05) is 12.5 Å². The predicted molar refractivity (Wildman–Crippen MR) is 58.2 cm³/mol. The number of carbonyl (C=O) groups excluding carboxylic acids is 1. The number of hydrogen-bond donors (Lipinski definition) is 5. The van der Waals surface area contributed by atoms with Gasteiger partial charge in [0.1, 0.15) is 24.5 Å². The van der Waals surface area contributed by atoms with Gasteiger partial charge in [-0.1, -0.05) is 6.92 Å². The van der Waals surface area contributed by atoms with Crippen LogP contribution in [0.15, 0.2) is 0 Å². The van der Waals surface area contributed by atoms with E-state index >= 15 is 0 Å². The van der Waals surface area contributed by atoms with Crippen molar-refractivity contribution in [2.24, 2.45) is 5.92 Å². The second-order valence-corrected chi connectivity index (χ2v) is 4.75. The molecule has 2 aliphatic rings. The van der Waals surface area contributed by atoms with Crippen LogP contribution in [-0.4, -0.2) is 75.3 Å². The van der Waals surface area contributed by atoms with Gasteiger partial charge in [-0.3, -0.25) is 4.90 Å². The van der Waals surface area contributed by atoms with Gasteiger partial charge in [-0.25, -0.2) is 4.79 Å². The monoisotopic (exact) mass is 262 g/mol. The molecule has 0 saturated carbocycles. The van der Waals surface area contributed by atoms with E-state index in [1.807, 2.05) is 0 Å². The first-order valence-electron chi connectivity index (χ1n) is 5.83. The van der Waals surface area contributed by atoms with Crippen LogP contribution in [0, 0.1) is 5.92 Å². The van der Waals surface area contributed by atoms with E-state index in [1.54, 1.807) is 6.92 Å². The van der Waals surface area contributed by atoms with Crippen molar-refractivity contribution in [3.05, 3.63) is 0 Å². The molecule has 8 heteroatoms. The van der Waals surface area contributed by atoms with E-state index in [9.17, 15) is 20.1 Å². The molecule has 2 fully saturated rings. The Labute approximate surface area is 104 Å². The number of rotatable bonds is 2. The highest BCUT2D eigenvalue weighted by atomic mass is 16.6. The smallest absolute Gasteiger partial charge is 0.321 e. The summed E-state index contributed by atoms with van der Waals surface area (Å²) in [6, 6.07) is -0.574. The number of hydrogen-bond acceptors (Lipinski definition) is 6. The molecule has 0 spiro atoms. The van der Waals surface area contributed by atoms with Crippen molar-refractivity contribution in [3.63, 3.8) is 0 Å². The van der Waals surface area contributed by atoms with Gasteiger partial charge in [0.2, 0.25) is 0 Å². The van der Waals surface area contributed by atoms with Crippen LogP contribution in [0.2, 0.25) is 0 Å². The molecule has 0 aliphatic carbocycles. The Morgan fingerprint density at radius 3 is 2.61 bits per heavy atom. The first-order chi connectivity index (χ1) is 8.45. The number of amides is 2. The summed E-state index contributed by atoms with van der Waals surface area (Å²) in [5.74, 6) is -0.233. The maximum absolute atomic E-state index is 11.7. The highest BCUT2D eigenvalue weighted by Crippen LogP contribution is 2.26. The van der Waals surface area contributed by atoms with Gasteiger partial charge >= 0.3 is 6.03 Å². The summed E-state index contributed by atoms with van der Waals surface area (Å²) in [5, 5.41) is 40.2. The maximum atomic E-state index is 11.7. The third-order valence-corrected chi connectivity index (χ3v) is 3.38. The van der Waals surface area contributed by atoms with Crippen LogP contribution in [0.4, 0.5) is 4.79 Å². The topological polar surface area (TPSA) is 122 Å². The predicted octanol–water partition coefficient (Wildman–Crippen LogP) is -2.59. The van der Waals surface area contributed by atoms with Gasteiger partial charge in [0.15, 0.2) is 6.23 Å². The molecule has 0 radical (unpaired) electrons. The summed E-state index contributed by atoms with van der Waals surface area (Å²) in [4.78, 5) is 12.9. The molecule has 2 saturated heterocycles. The molecular weight excluding hydrogens is 244 g/mol. The minimum atomic E-state index is -1.28. The Balaban J connectivity index is 2.10. The summed E-state index contributed by atoms with van der Waals surface area (Å²) in [7, 11) is 0. The number of carbonyl (C=O) groups is 1. The summed E-state index contributed by atoms with van der Waals surface area (Å²) in [5.41, 5.74) is 0.